The van der Waals surface area contributed by atoms with E-state index in [1.807, 2.05) is 20.8 Å². The largest absolute Gasteiger partial charge is 0.494 e. The molecule has 0 spiro atoms. The molecule has 0 radical (unpaired) electrons. The van der Waals surface area contributed by atoms with Crippen LogP contribution in [-0.4, -0.2) is 28.8 Å². The fourth-order valence-electron chi connectivity index (χ4n) is 2.55. The van der Waals surface area contributed by atoms with Crippen LogP contribution >= 0.6 is 23.1 Å². The summed E-state index contributed by atoms with van der Waals surface area (Å²) in [5.74, 6) is 0.0878. The van der Waals surface area contributed by atoms with Crippen molar-refractivity contribution in [2.45, 2.75) is 32.4 Å². The van der Waals surface area contributed by atoms with Crippen LogP contribution in [0.15, 0.2) is 23.2 Å². The number of rotatable bonds is 6. The summed E-state index contributed by atoms with van der Waals surface area (Å²) in [7, 11) is 1.40. The van der Waals surface area contributed by atoms with Crippen molar-refractivity contribution in [1.82, 2.24) is 9.97 Å². The van der Waals surface area contributed by atoms with E-state index in [1.165, 1.54) is 35.9 Å². The molecule has 142 valence electrons. The van der Waals surface area contributed by atoms with Gasteiger partial charge in [-0.3, -0.25) is 4.79 Å². The predicted molar refractivity (Wildman–Crippen MR) is 105 cm³/mol. The SMILES string of the molecule is COc1ccc(COC(=O)CSc2nc(C)nc3sc(C)c(C)c23)cc1F. The Morgan fingerprint density at radius 1 is 1.26 bits per heavy atom. The minimum atomic E-state index is -0.484. The van der Waals surface area contributed by atoms with E-state index in [2.05, 4.69) is 9.97 Å². The number of carbonyl (C=O) groups excluding carboxylic acids is 1. The van der Waals surface area contributed by atoms with Gasteiger partial charge in [0, 0.05) is 10.3 Å². The van der Waals surface area contributed by atoms with Crippen molar-refractivity contribution in [2.75, 3.05) is 12.9 Å². The number of aryl methyl sites for hydroxylation is 3. The molecule has 5 nitrogen and oxygen atoms in total. The second-order valence-corrected chi connectivity index (χ2v) is 8.12. The Kier molecular flexibility index (Phi) is 5.96. The van der Waals surface area contributed by atoms with Crippen LogP contribution in [0.1, 0.15) is 21.8 Å². The second-order valence-electron chi connectivity index (χ2n) is 5.96. The highest BCUT2D eigenvalue weighted by Gasteiger charge is 2.15. The van der Waals surface area contributed by atoms with Crippen LogP contribution in [-0.2, 0) is 16.1 Å². The number of esters is 1. The number of halogens is 1. The van der Waals surface area contributed by atoms with Crippen molar-refractivity contribution >= 4 is 39.3 Å². The first-order chi connectivity index (χ1) is 12.9. The topological polar surface area (TPSA) is 61.3 Å². The van der Waals surface area contributed by atoms with Crippen LogP contribution in [0, 0.1) is 26.6 Å². The van der Waals surface area contributed by atoms with E-state index in [0.717, 1.165) is 20.8 Å². The molecule has 1 aromatic carbocycles. The summed E-state index contributed by atoms with van der Waals surface area (Å²) < 4.78 is 23.8. The molecule has 0 saturated heterocycles. The molecule has 0 saturated carbocycles. The zero-order valence-electron chi connectivity index (χ0n) is 15.5. The van der Waals surface area contributed by atoms with E-state index >= 15 is 0 Å². The lowest BCUT2D eigenvalue weighted by Crippen LogP contribution is -2.08. The quantitative estimate of drug-likeness (QED) is 0.339. The highest BCUT2D eigenvalue weighted by Crippen LogP contribution is 2.35. The number of methoxy groups -OCH3 is 1. The van der Waals surface area contributed by atoms with Gasteiger partial charge in [0.05, 0.1) is 12.9 Å². The van der Waals surface area contributed by atoms with Crippen LogP contribution < -0.4 is 4.74 Å². The Bertz CT molecular complexity index is 1000. The number of hydrogen-bond acceptors (Lipinski definition) is 7. The lowest BCUT2D eigenvalue weighted by Gasteiger charge is -2.08. The van der Waals surface area contributed by atoms with Crippen molar-refractivity contribution < 1.29 is 18.7 Å². The molecule has 0 unspecified atom stereocenters. The molecule has 0 aliphatic rings. The lowest BCUT2D eigenvalue weighted by molar-refractivity contribution is -0.141. The molecule has 3 rings (SSSR count). The first kappa shape index (κ1) is 19.6. The molecule has 27 heavy (non-hydrogen) atoms. The molecule has 3 aromatic rings. The number of ether oxygens (including phenoxy) is 2. The highest BCUT2D eigenvalue weighted by molar-refractivity contribution is 8.00. The lowest BCUT2D eigenvalue weighted by atomic mass is 10.2. The van der Waals surface area contributed by atoms with Crippen LogP contribution in [0.5, 0.6) is 5.75 Å². The van der Waals surface area contributed by atoms with E-state index in [9.17, 15) is 9.18 Å². The van der Waals surface area contributed by atoms with Gasteiger partial charge in [-0.25, -0.2) is 14.4 Å². The van der Waals surface area contributed by atoms with Gasteiger partial charge in [-0.15, -0.1) is 11.3 Å². The van der Waals surface area contributed by atoms with Gasteiger partial charge >= 0.3 is 5.97 Å². The Balaban J connectivity index is 1.64. The summed E-state index contributed by atoms with van der Waals surface area (Å²) in [6.45, 7) is 5.93. The summed E-state index contributed by atoms with van der Waals surface area (Å²) in [6, 6.07) is 4.47. The minimum Gasteiger partial charge on any atom is -0.494 e. The third-order valence-corrected chi connectivity index (χ3v) is 6.10. The average Bonchev–Trinajstić information content (AvgIpc) is 2.91. The molecular formula is C19H19FN2O3S2. The van der Waals surface area contributed by atoms with Gasteiger partial charge in [-0.1, -0.05) is 17.8 Å². The fourth-order valence-corrected chi connectivity index (χ4v) is 4.62. The summed E-state index contributed by atoms with van der Waals surface area (Å²) in [6.07, 6.45) is 0. The van der Waals surface area contributed by atoms with Crippen molar-refractivity contribution in [3.05, 3.63) is 45.8 Å². The van der Waals surface area contributed by atoms with E-state index in [0.29, 0.717) is 11.4 Å². The second kappa shape index (κ2) is 8.22. The number of nitrogens with zero attached hydrogens (tertiary/aromatic N) is 2. The Labute approximate surface area is 164 Å². The van der Waals surface area contributed by atoms with E-state index in [1.54, 1.807) is 17.4 Å². The standard InChI is InChI=1S/C19H19FN2O3S2/c1-10-11(2)27-19-17(10)18(21-12(3)22-19)26-9-16(23)25-8-13-5-6-15(24-4)14(20)7-13/h5-7H,8-9H2,1-4H3. The first-order valence-electron chi connectivity index (χ1n) is 8.24. The molecule has 0 bridgehead atoms. The van der Waals surface area contributed by atoms with E-state index in [-0.39, 0.29) is 24.1 Å². The monoisotopic (exact) mass is 406 g/mol. The smallest absolute Gasteiger partial charge is 0.316 e. The Hall–Kier alpha value is -2.19. The van der Waals surface area contributed by atoms with Gasteiger partial charge in [-0.05, 0) is 44.0 Å². The Morgan fingerprint density at radius 2 is 2.04 bits per heavy atom. The number of fused-ring (bicyclic) bond motifs is 1. The maximum Gasteiger partial charge on any atom is 0.316 e. The summed E-state index contributed by atoms with van der Waals surface area (Å²) in [4.78, 5) is 23.2. The highest BCUT2D eigenvalue weighted by atomic mass is 32.2. The molecule has 8 heteroatoms. The van der Waals surface area contributed by atoms with E-state index < -0.39 is 5.82 Å². The van der Waals surface area contributed by atoms with Crippen molar-refractivity contribution in [3.8, 4) is 5.75 Å². The van der Waals surface area contributed by atoms with Crippen molar-refractivity contribution in [3.63, 3.8) is 0 Å². The molecule has 0 N–H and O–H groups in total. The molecule has 0 aliphatic heterocycles. The zero-order chi connectivity index (χ0) is 19.6. The minimum absolute atomic E-state index is 0.00903. The molecule has 0 aliphatic carbocycles. The van der Waals surface area contributed by atoms with Gasteiger partial charge in [0.15, 0.2) is 11.6 Å². The van der Waals surface area contributed by atoms with Crippen LogP contribution in [0.3, 0.4) is 0 Å². The maximum atomic E-state index is 13.7. The van der Waals surface area contributed by atoms with Crippen molar-refractivity contribution in [2.24, 2.45) is 0 Å². The fraction of sp³-hybridized carbons (Fsp3) is 0.316. The Morgan fingerprint density at radius 3 is 2.74 bits per heavy atom. The summed E-state index contributed by atoms with van der Waals surface area (Å²) in [5, 5.41) is 1.78. The molecule has 0 fully saturated rings. The number of hydrogen-bond donors (Lipinski definition) is 0. The number of thiophene rings is 1. The van der Waals surface area contributed by atoms with Gasteiger partial charge in [-0.2, -0.15) is 0 Å². The maximum absolute atomic E-state index is 13.7. The molecule has 2 heterocycles. The first-order valence-corrected chi connectivity index (χ1v) is 10.0. The predicted octanol–water partition coefficient (Wildman–Crippen LogP) is 4.60. The molecule has 0 atom stereocenters. The summed E-state index contributed by atoms with van der Waals surface area (Å²) >= 11 is 2.96. The van der Waals surface area contributed by atoms with Gasteiger partial charge in [0.2, 0.25) is 0 Å². The van der Waals surface area contributed by atoms with Crippen molar-refractivity contribution in [1.29, 1.82) is 0 Å². The van der Waals surface area contributed by atoms with E-state index in [4.69, 9.17) is 9.47 Å². The molecule has 0 amide bonds. The molecule has 2 aromatic heterocycles. The van der Waals surface area contributed by atoms with Gasteiger partial charge in [0.25, 0.3) is 0 Å². The van der Waals surface area contributed by atoms with Gasteiger partial charge in [0.1, 0.15) is 22.3 Å². The van der Waals surface area contributed by atoms with Crippen LogP contribution in [0.2, 0.25) is 0 Å². The average molecular weight is 407 g/mol. The number of benzene rings is 1. The van der Waals surface area contributed by atoms with Crippen LogP contribution in [0.4, 0.5) is 4.39 Å². The normalized spacial score (nSPS) is 11.0. The zero-order valence-corrected chi connectivity index (χ0v) is 17.1. The van der Waals surface area contributed by atoms with Crippen LogP contribution in [0.25, 0.3) is 10.2 Å². The number of aromatic nitrogens is 2. The number of thioether (sulfide) groups is 1. The van der Waals surface area contributed by atoms with Gasteiger partial charge < -0.3 is 9.47 Å². The summed E-state index contributed by atoms with van der Waals surface area (Å²) in [5.41, 5.74) is 1.70. The molecular weight excluding hydrogens is 387 g/mol. The third-order valence-electron chi connectivity index (χ3n) is 4.05. The number of carbonyl (C=O) groups is 1. The third kappa shape index (κ3) is 4.39.